The average molecular weight is 362 g/mol. The molecule has 1 aromatic carbocycles. The Hall–Kier alpha value is -2.97. The molecule has 1 aromatic heterocycles. The number of halogens is 3. The first-order chi connectivity index (χ1) is 12.2. The molecule has 1 N–H and O–H groups in total. The summed E-state index contributed by atoms with van der Waals surface area (Å²) in [5.41, 5.74) is 3.64. The molecule has 1 fully saturated rings. The van der Waals surface area contributed by atoms with Gasteiger partial charge in [-0.25, -0.2) is 9.97 Å². The number of carbonyl (C=O) groups excluding carboxylic acids is 2. The SMILES string of the molecule is CC1=CC(=O)N(Nc2nc(C(F)(F)F)nc3cc(C4CC4)ccc23)C1=O. The Morgan fingerprint density at radius 1 is 1.19 bits per heavy atom. The highest BCUT2D eigenvalue weighted by atomic mass is 19.4. The molecule has 6 nitrogen and oxygen atoms in total. The summed E-state index contributed by atoms with van der Waals surface area (Å²) in [4.78, 5) is 31.0. The molecule has 1 aliphatic heterocycles. The molecule has 1 saturated carbocycles. The van der Waals surface area contributed by atoms with Gasteiger partial charge in [0.1, 0.15) is 0 Å². The van der Waals surface area contributed by atoms with Gasteiger partial charge in [0.25, 0.3) is 11.8 Å². The lowest BCUT2D eigenvalue weighted by atomic mass is 10.1. The van der Waals surface area contributed by atoms with Crippen molar-refractivity contribution in [2.45, 2.75) is 31.9 Å². The number of imide groups is 1. The van der Waals surface area contributed by atoms with E-state index in [9.17, 15) is 22.8 Å². The van der Waals surface area contributed by atoms with E-state index in [-0.39, 0.29) is 16.9 Å². The standard InChI is InChI=1S/C17H13F3N4O2/c1-8-6-13(25)24(15(8)26)23-14-11-5-4-10(9-2-3-9)7-12(11)21-16(22-14)17(18,19)20/h4-7,9H,2-3H2,1H3,(H,21,22,23). The number of nitrogens with one attached hydrogen (secondary N) is 1. The third kappa shape index (κ3) is 2.79. The second-order valence-electron chi connectivity index (χ2n) is 6.36. The molecule has 2 aliphatic rings. The van der Waals surface area contributed by atoms with Crippen LogP contribution in [-0.4, -0.2) is 26.8 Å². The van der Waals surface area contributed by atoms with Crippen LogP contribution in [0.3, 0.4) is 0 Å². The van der Waals surface area contributed by atoms with Crippen molar-refractivity contribution in [3.63, 3.8) is 0 Å². The van der Waals surface area contributed by atoms with E-state index in [2.05, 4.69) is 15.4 Å². The van der Waals surface area contributed by atoms with Gasteiger partial charge in [0.15, 0.2) is 5.82 Å². The van der Waals surface area contributed by atoms with Crippen LogP contribution in [0.4, 0.5) is 19.0 Å². The smallest absolute Gasteiger partial charge is 0.271 e. The van der Waals surface area contributed by atoms with Crippen molar-refractivity contribution >= 4 is 28.5 Å². The van der Waals surface area contributed by atoms with Gasteiger partial charge in [0.2, 0.25) is 5.82 Å². The summed E-state index contributed by atoms with van der Waals surface area (Å²) in [5, 5.41) is 0.944. The van der Waals surface area contributed by atoms with Gasteiger partial charge in [-0.05, 0) is 43.4 Å². The van der Waals surface area contributed by atoms with Crippen LogP contribution in [0.2, 0.25) is 0 Å². The molecule has 1 aliphatic carbocycles. The Bertz CT molecular complexity index is 980. The van der Waals surface area contributed by atoms with E-state index in [1.807, 2.05) is 0 Å². The fraction of sp³-hybridized carbons (Fsp3) is 0.294. The van der Waals surface area contributed by atoms with Crippen LogP contribution in [0.5, 0.6) is 0 Å². The van der Waals surface area contributed by atoms with E-state index in [1.165, 1.54) is 6.92 Å². The topological polar surface area (TPSA) is 75.2 Å². The van der Waals surface area contributed by atoms with E-state index >= 15 is 0 Å². The largest absolute Gasteiger partial charge is 0.451 e. The first-order valence-electron chi connectivity index (χ1n) is 7.96. The molecule has 134 valence electrons. The number of nitrogens with zero attached hydrogens (tertiary/aromatic N) is 3. The lowest BCUT2D eigenvalue weighted by molar-refractivity contribution is -0.144. The lowest BCUT2D eigenvalue weighted by Crippen LogP contribution is -2.37. The molecule has 2 amide bonds. The molecule has 9 heteroatoms. The lowest BCUT2D eigenvalue weighted by Gasteiger charge is -2.18. The number of hydrazine groups is 1. The molecule has 0 saturated heterocycles. The maximum Gasteiger partial charge on any atom is 0.451 e. The highest BCUT2D eigenvalue weighted by Gasteiger charge is 2.37. The van der Waals surface area contributed by atoms with Crippen LogP contribution in [-0.2, 0) is 15.8 Å². The van der Waals surface area contributed by atoms with Crippen LogP contribution in [0, 0.1) is 0 Å². The highest BCUT2D eigenvalue weighted by molar-refractivity contribution is 6.16. The number of rotatable bonds is 3. The van der Waals surface area contributed by atoms with Crippen molar-refractivity contribution in [3.8, 4) is 0 Å². The Morgan fingerprint density at radius 2 is 1.92 bits per heavy atom. The third-order valence-corrected chi connectivity index (χ3v) is 4.34. The van der Waals surface area contributed by atoms with Crippen LogP contribution >= 0.6 is 0 Å². The maximum atomic E-state index is 13.2. The zero-order valence-electron chi connectivity index (χ0n) is 13.6. The van der Waals surface area contributed by atoms with Gasteiger partial charge in [0, 0.05) is 17.0 Å². The van der Waals surface area contributed by atoms with Crippen molar-refractivity contribution in [2.75, 3.05) is 5.43 Å². The maximum absolute atomic E-state index is 13.2. The summed E-state index contributed by atoms with van der Waals surface area (Å²) < 4.78 is 39.6. The van der Waals surface area contributed by atoms with Crippen LogP contribution in [0.15, 0.2) is 29.8 Å². The molecule has 26 heavy (non-hydrogen) atoms. The number of alkyl halides is 3. The number of aromatic nitrogens is 2. The van der Waals surface area contributed by atoms with Gasteiger partial charge >= 0.3 is 6.18 Å². The minimum Gasteiger partial charge on any atom is -0.271 e. The third-order valence-electron chi connectivity index (χ3n) is 4.34. The Morgan fingerprint density at radius 3 is 2.50 bits per heavy atom. The monoisotopic (exact) mass is 362 g/mol. The van der Waals surface area contributed by atoms with E-state index in [4.69, 9.17) is 0 Å². The quantitative estimate of drug-likeness (QED) is 0.849. The minimum absolute atomic E-state index is 0.114. The first kappa shape index (κ1) is 16.5. The van der Waals surface area contributed by atoms with Crippen molar-refractivity contribution < 1.29 is 22.8 Å². The molecule has 4 rings (SSSR count). The Balaban J connectivity index is 1.81. The van der Waals surface area contributed by atoms with Crippen molar-refractivity contribution in [2.24, 2.45) is 0 Å². The second-order valence-corrected chi connectivity index (χ2v) is 6.36. The zero-order valence-corrected chi connectivity index (χ0v) is 13.6. The van der Waals surface area contributed by atoms with E-state index in [1.54, 1.807) is 18.2 Å². The number of carbonyl (C=O) groups is 2. The molecular weight excluding hydrogens is 349 g/mol. The van der Waals surface area contributed by atoms with Gasteiger partial charge < -0.3 is 0 Å². The van der Waals surface area contributed by atoms with Crippen molar-refractivity contribution in [1.29, 1.82) is 0 Å². The molecule has 0 bridgehead atoms. The highest BCUT2D eigenvalue weighted by Crippen LogP contribution is 2.41. The molecule has 0 unspecified atom stereocenters. The predicted molar refractivity (Wildman–Crippen MR) is 85.7 cm³/mol. The summed E-state index contributed by atoms with van der Waals surface area (Å²) in [6.45, 7) is 1.45. The van der Waals surface area contributed by atoms with Crippen molar-refractivity contribution in [1.82, 2.24) is 15.0 Å². The second kappa shape index (κ2) is 5.52. The van der Waals surface area contributed by atoms with E-state index in [0.29, 0.717) is 16.3 Å². The van der Waals surface area contributed by atoms with Crippen LogP contribution in [0.1, 0.15) is 37.1 Å². The van der Waals surface area contributed by atoms with Gasteiger partial charge in [0.05, 0.1) is 5.52 Å². The number of benzene rings is 1. The number of amides is 2. The zero-order chi connectivity index (χ0) is 18.6. The fourth-order valence-corrected chi connectivity index (χ4v) is 2.83. The van der Waals surface area contributed by atoms with Gasteiger partial charge in [-0.2, -0.15) is 18.2 Å². The van der Waals surface area contributed by atoms with Gasteiger partial charge in [-0.15, -0.1) is 0 Å². The number of fused-ring (bicyclic) bond motifs is 1. The van der Waals surface area contributed by atoms with E-state index < -0.39 is 23.8 Å². The summed E-state index contributed by atoms with van der Waals surface area (Å²) in [6, 6.07) is 5.02. The molecule has 0 atom stereocenters. The van der Waals surface area contributed by atoms with Crippen molar-refractivity contribution in [3.05, 3.63) is 41.2 Å². The molecule has 2 aromatic rings. The molecule has 2 heterocycles. The normalized spacial score (nSPS) is 17.8. The predicted octanol–water partition coefficient (Wildman–Crippen LogP) is 3.17. The minimum atomic E-state index is -4.76. The average Bonchev–Trinajstić information content (AvgIpc) is 3.38. The summed E-state index contributed by atoms with van der Waals surface area (Å²) in [6.07, 6.45) is -1.66. The van der Waals surface area contributed by atoms with Crippen LogP contribution < -0.4 is 5.43 Å². The van der Waals surface area contributed by atoms with E-state index in [0.717, 1.165) is 24.5 Å². The molecular formula is C17H13F3N4O2. The number of hydrogen-bond donors (Lipinski definition) is 1. The van der Waals surface area contributed by atoms with Gasteiger partial charge in [-0.3, -0.25) is 15.0 Å². The van der Waals surface area contributed by atoms with Gasteiger partial charge in [-0.1, -0.05) is 6.07 Å². The number of hydrogen-bond acceptors (Lipinski definition) is 5. The molecule has 0 spiro atoms. The Labute approximate surface area is 145 Å². The summed E-state index contributed by atoms with van der Waals surface area (Å²) >= 11 is 0. The summed E-state index contributed by atoms with van der Waals surface area (Å²) in [5.74, 6) is -2.53. The number of anilines is 1. The Kier molecular flexibility index (Phi) is 3.50. The fourth-order valence-electron chi connectivity index (χ4n) is 2.83. The molecule has 0 radical (unpaired) electrons. The summed E-state index contributed by atoms with van der Waals surface area (Å²) in [7, 11) is 0. The first-order valence-corrected chi connectivity index (χ1v) is 7.96. The van der Waals surface area contributed by atoms with Crippen LogP contribution in [0.25, 0.3) is 10.9 Å².